The lowest BCUT2D eigenvalue weighted by molar-refractivity contribution is 0.0203. The van der Waals surface area contributed by atoms with Gasteiger partial charge in [-0.1, -0.05) is 6.07 Å². The molecule has 2 aromatic heterocycles. The molecule has 0 bridgehead atoms. The average molecular weight is 509 g/mol. The number of amides is 2. The molecule has 0 spiro atoms. The number of aryl methyl sites for hydroxylation is 2. The molecule has 0 unspecified atom stereocenters. The van der Waals surface area contributed by atoms with Gasteiger partial charge >= 0.3 is 6.09 Å². The summed E-state index contributed by atoms with van der Waals surface area (Å²) in [6.45, 7) is 11.5. The molecule has 1 fully saturated rings. The van der Waals surface area contributed by atoms with Crippen molar-refractivity contribution in [3.05, 3.63) is 69.2 Å². The van der Waals surface area contributed by atoms with Crippen LogP contribution in [-0.4, -0.2) is 51.9 Å². The fourth-order valence-electron chi connectivity index (χ4n) is 4.50. The van der Waals surface area contributed by atoms with Crippen LogP contribution in [0.25, 0.3) is 5.69 Å². The minimum absolute atomic E-state index is 0.102. The Hall–Kier alpha value is -3.13. The summed E-state index contributed by atoms with van der Waals surface area (Å²) in [5.41, 5.74) is 5.55. The zero-order valence-corrected chi connectivity index (χ0v) is 22.7. The van der Waals surface area contributed by atoms with Gasteiger partial charge < -0.3 is 15.0 Å². The molecule has 8 heteroatoms. The third-order valence-corrected chi connectivity index (χ3v) is 7.33. The second-order valence-corrected chi connectivity index (χ2v) is 11.3. The number of carbonyl (C=O) groups excluding carboxylic acids is 2. The Kier molecular flexibility index (Phi) is 7.83. The van der Waals surface area contributed by atoms with Crippen LogP contribution >= 0.6 is 11.3 Å². The Labute approximate surface area is 217 Å². The second kappa shape index (κ2) is 10.9. The van der Waals surface area contributed by atoms with E-state index in [0.717, 1.165) is 30.6 Å². The highest BCUT2D eigenvalue weighted by molar-refractivity contribution is 7.07. The van der Waals surface area contributed by atoms with Gasteiger partial charge in [-0.15, -0.1) is 0 Å². The smallest absolute Gasteiger partial charge is 0.410 e. The summed E-state index contributed by atoms with van der Waals surface area (Å²) in [5.74, 6) is -0.00435. The van der Waals surface area contributed by atoms with Crippen molar-refractivity contribution in [1.82, 2.24) is 20.0 Å². The molecule has 3 heterocycles. The Balaban J connectivity index is 1.56. The molecule has 0 radical (unpaired) electrons. The molecule has 36 heavy (non-hydrogen) atoms. The standard InChI is InChI=1S/C28H36N4O3S/c1-19-6-7-23(16-20(19)2)32-25(22-9-13-31(14-10-22)27(34)35-28(3,4)5)24(17-30-32)26(33)29-12-8-21-11-15-36-18-21/h6-7,11,15-18,22H,8-10,12-14H2,1-5H3,(H,29,33). The van der Waals surface area contributed by atoms with Crippen LogP contribution in [0.15, 0.2) is 41.2 Å². The van der Waals surface area contributed by atoms with Gasteiger partial charge in [-0.25, -0.2) is 9.48 Å². The van der Waals surface area contributed by atoms with Crippen LogP contribution in [0.3, 0.4) is 0 Å². The molecule has 1 aliphatic heterocycles. The van der Waals surface area contributed by atoms with Crippen LogP contribution in [0.5, 0.6) is 0 Å². The highest BCUT2D eigenvalue weighted by atomic mass is 32.1. The first-order valence-corrected chi connectivity index (χ1v) is 13.5. The Morgan fingerprint density at radius 2 is 1.89 bits per heavy atom. The number of rotatable bonds is 6. The van der Waals surface area contributed by atoms with Crippen molar-refractivity contribution in [2.45, 2.75) is 65.4 Å². The number of ether oxygens (including phenoxy) is 1. The van der Waals surface area contributed by atoms with E-state index < -0.39 is 5.60 Å². The van der Waals surface area contributed by atoms with E-state index in [2.05, 4.69) is 47.8 Å². The van der Waals surface area contributed by atoms with E-state index in [-0.39, 0.29) is 17.9 Å². The first kappa shape index (κ1) is 25.9. The highest BCUT2D eigenvalue weighted by Gasteiger charge is 2.32. The molecule has 0 atom stereocenters. The first-order valence-electron chi connectivity index (χ1n) is 12.5. The average Bonchev–Trinajstić information content (AvgIpc) is 3.50. The molecule has 0 saturated carbocycles. The van der Waals surface area contributed by atoms with Crippen molar-refractivity contribution in [2.75, 3.05) is 19.6 Å². The topological polar surface area (TPSA) is 76.5 Å². The van der Waals surface area contributed by atoms with Crippen LogP contribution in [0, 0.1) is 13.8 Å². The summed E-state index contributed by atoms with van der Waals surface area (Å²) in [4.78, 5) is 27.6. The predicted molar refractivity (Wildman–Crippen MR) is 143 cm³/mol. The maximum absolute atomic E-state index is 13.3. The van der Waals surface area contributed by atoms with E-state index in [4.69, 9.17) is 4.74 Å². The molecule has 7 nitrogen and oxygen atoms in total. The van der Waals surface area contributed by atoms with Gasteiger partial charge in [0.15, 0.2) is 0 Å². The SMILES string of the molecule is Cc1ccc(-n2ncc(C(=O)NCCc3ccsc3)c2C2CCN(C(=O)OC(C)(C)C)CC2)cc1C. The molecular formula is C28H36N4O3S. The Bertz CT molecular complexity index is 1200. The normalized spacial score (nSPS) is 14.6. The summed E-state index contributed by atoms with van der Waals surface area (Å²) in [6, 6.07) is 8.33. The van der Waals surface area contributed by atoms with Crippen molar-refractivity contribution < 1.29 is 14.3 Å². The minimum Gasteiger partial charge on any atom is -0.444 e. The quantitative estimate of drug-likeness (QED) is 0.468. The van der Waals surface area contributed by atoms with Crippen molar-refractivity contribution >= 4 is 23.3 Å². The number of benzene rings is 1. The van der Waals surface area contributed by atoms with E-state index in [1.54, 1.807) is 22.4 Å². The number of likely N-dealkylation sites (tertiary alicyclic amines) is 1. The molecule has 1 saturated heterocycles. The van der Waals surface area contributed by atoms with E-state index >= 15 is 0 Å². The summed E-state index contributed by atoms with van der Waals surface area (Å²) >= 11 is 1.66. The van der Waals surface area contributed by atoms with Crippen LogP contribution < -0.4 is 5.32 Å². The van der Waals surface area contributed by atoms with Crippen LogP contribution in [0.4, 0.5) is 4.79 Å². The van der Waals surface area contributed by atoms with E-state index in [0.29, 0.717) is 25.2 Å². The third-order valence-electron chi connectivity index (χ3n) is 6.60. The maximum atomic E-state index is 13.3. The van der Waals surface area contributed by atoms with Crippen molar-refractivity contribution in [1.29, 1.82) is 0 Å². The third kappa shape index (κ3) is 6.16. The number of carbonyl (C=O) groups is 2. The molecule has 0 aliphatic carbocycles. The largest absolute Gasteiger partial charge is 0.444 e. The number of aromatic nitrogens is 2. The molecule has 1 N–H and O–H groups in total. The number of nitrogens with zero attached hydrogens (tertiary/aromatic N) is 3. The van der Waals surface area contributed by atoms with Crippen molar-refractivity contribution in [3.63, 3.8) is 0 Å². The summed E-state index contributed by atoms with van der Waals surface area (Å²) in [6.07, 6.45) is 3.68. The van der Waals surface area contributed by atoms with Gasteiger partial charge in [-0.2, -0.15) is 16.4 Å². The zero-order chi connectivity index (χ0) is 25.9. The zero-order valence-electron chi connectivity index (χ0n) is 21.8. The first-order chi connectivity index (χ1) is 17.1. The lowest BCUT2D eigenvalue weighted by atomic mass is 9.90. The second-order valence-electron chi connectivity index (χ2n) is 10.5. The molecule has 2 amide bonds. The molecule has 3 aromatic rings. The highest BCUT2D eigenvalue weighted by Crippen LogP contribution is 2.33. The van der Waals surface area contributed by atoms with Crippen LogP contribution in [0.1, 0.15) is 72.3 Å². The number of hydrogen-bond acceptors (Lipinski definition) is 5. The number of thiophene rings is 1. The summed E-state index contributed by atoms with van der Waals surface area (Å²) < 4.78 is 7.47. The van der Waals surface area contributed by atoms with E-state index in [1.165, 1.54) is 16.7 Å². The maximum Gasteiger partial charge on any atom is 0.410 e. The van der Waals surface area contributed by atoms with Crippen LogP contribution in [0.2, 0.25) is 0 Å². The lowest BCUT2D eigenvalue weighted by Gasteiger charge is -2.34. The Morgan fingerprint density at radius 1 is 1.14 bits per heavy atom. The summed E-state index contributed by atoms with van der Waals surface area (Å²) in [5, 5.41) is 11.9. The van der Waals surface area contributed by atoms with Gasteiger partial charge in [0.25, 0.3) is 5.91 Å². The number of piperidine rings is 1. The number of nitrogens with one attached hydrogen (secondary N) is 1. The van der Waals surface area contributed by atoms with Gasteiger partial charge in [-0.05, 0) is 99.5 Å². The van der Waals surface area contributed by atoms with Gasteiger partial charge in [-0.3, -0.25) is 4.79 Å². The molecule has 192 valence electrons. The molecular weight excluding hydrogens is 472 g/mol. The van der Waals surface area contributed by atoms with E-state index in [9.17, 15) is 9.59 Å². The van der Waals surface area contributed by atoms with Crippen LogP contribution in [-0.2, 0) is 11.2 Å². The molecule has 1 aromatic carbocycles. The van der Waals surface area contributed by atoms with Crippen molar-refractivity contribution in [2.24, 2.45) is 0 Å². The fraction of sp³-hybridized carbons (Fsp3) is 0.464. The van der Waals surface area contributed by atoms with Gasteiger partial charge in [0.05, 0.1) is 23.1 Å². The fourth-order valence-corrected chi connectivity index (χ4v) is 5.20. The summed E-state index contributed by atoms with van der Waals surface area (Å²) in [7, 11) is 0. The number of hydrogen-bond donors (Lipinski definition) is 1. The molecule has 4 rings (SSSR count). The monoisotopic (exact) mass is 508 g/mol. The predicted octanol–water partition coefficient (Wildman–Crippen LogP) is 5.64. The van der Waals surface area contributed by atoms with Gasteiger partial charge in [0.2, 0.25) is 0 Å². The van der Waals surface area contributed by atoms with Gasteiger partial charge in [0.1, 0.15) is 5.60 Å². The van der Waals surface area contributed by atoms with E-state index in [1.807, 2.05) is 36.9 Å². The van der Waals surface area contributed by atoms with Crippen molar-refractivity contribution in [3.8, 4) is 5.69 Å². The lowest BCUT2D eigenvalue weighted by Crippen LogP contribution is -2.41. The Morgan fingerprint density at radius 3 is 2.53 bits per heavy atom. The van der Waals surface area contributed by atoms with Gasteiger partial charge in [0, 0.05) is 25.6 Å². The minimum atomic E-state index is -0.524. The molecule has 1 aliphatic rings.